The Hall–Kier alpha value is -2.25. The normalized spacial score (nSPS) is 11.5. The zero-order chi connectivity index (χ0) is 12.5. The molecule has 0 unspecified atom stereocenters. The van der Waals surface area contributed by atoms with Crippen LogP contribution in [0.5, 0.6) is 0 Å². The number of alkyl halides is 3. The van der Waals surface area contributed by atoms with E-state index in [1.165, 1.54) is 6.07 Å². The lowest BCUT2D eigenvalue weighted by atomic mass is 10.1. The molecule has 0 N–H and O–H groups in total. The third kappa shape index (κ3) is 2.01. The van der Waals surface area contributed by atoms with Crippen LogP contribution in [-0.4, -0.2) is 26.5 Å². The molecule has 0 saturated carbocycles. The second-order valence-electron chi connectivity index (χ2n) is 3.11. The molecule has 17 heavy (non-hydrogen) atoms. The SMILES string of the molecule is O=Cc1cccc(C(F)(F)F)c1-n1cnnn1. The summed E-state index contributed by atoms with van der Waals surface area (Å²) in [4.78, 5) is 10.8. The maximum Gasteiger partial charge on any atom is 0.418 e. The molecule has 1 aromatic heterocycles. The summed E-state index contributed by atoms with van der Waals surface area (Å²) < 4.78 is 39.1. The van der Waals surface area contributed by atoms with E-state index in [0.717, 1.165) is 23.1 Å². The summed E-state index contributed by atoms with van der Waals surface area (Å²) in [5.74, 6) is 0. The molecule has 0 atom stereocenters. The van der Waals surface area contributed by atoms with Crippen LogP contribution in [0, 0.1) is 0 Å². The van der Waals surface area contributed by atoms with Gasteiger partial charge in [0.25, 0.3) is 0 Å². The van der Waals surface area contributed by atoms with Crippen LogP contribution in [0.15, 0.2) is 24.5 Å². The van der Waals surface area contributed by atoms with Crippen LogP contribution < -0.4 is 0 Å². The van der Waals surface area contributed by atoms with Crippen molar-refractivity contribution in [3.8, 4) is 5.69 Å². The van der Waals surface area contributed by atoms with Crippen molar-refractivity contribution >= 4 is 6.29 Å². The van der Waals surface area contributed by atoms with Gasteiger partial charge in [-0.05, 0) is 22.6 Å². The highest BCUT2D eigenvalue weighted by atomic mass is 19.4. The first-order valence-corrected chi connectivity index (χ1v) is 4.43. The summed E-state index contributed by atoms with van der Waals surface area (Å²) in [7, 11) is 0. The largest absolute Gasteiger partial charge is 0.418 e. The van der Waals surface area contributed by atoms with Gasteiger partial charge in [-0.2, -0.15) is 17.9 Å². The summed E-state index contributed by atoms with van der Waals surface area (Å²) in [6, 6.07) is 3.28. The number of carbonyl (C=O) groups excluding carboxylic acids is 1. The van der Waals surface area contributed by atoms with Crippen molar-refractivity contribution in [3.05, 3.63) is 35.7 Å². The monoisotopic (exact) mass is 242 g/mol. The van der Waals surface area contributed by atoms with Gasteiger partial charge in [0.15, 0.2) is 6.29 Å². The number of aldehydes is 1. The van der Waals surface area contributed by atoms with Gasteiger partial charge in [-0.1, -0.05) is 6.07 Å². The smallest absolute Gasteiger partial charge is 0.298 e. The molecule has 0 aliphatic rings. The Kier molecular flexibility index (Phi) is 2.62. The summed E-state index contributed by atoms with van der Waals surface area (Å²) in [6.07, 6.45) is -3.26. The van der Waals surface area contributed by atoms with E-state index >= 15 is 0 Å². The van der Waals surface area contributed by atoms with Gasteiger partial charge in [-0.25, -0.2) is 0 Å². The molecule has 1 aromatic carbocycles. The van der Waals surface area contributed by atoms with Crippen molar-refractivity contribution in [1.82, 2.24) is 20.2 Å². The van der Waals surface area contributed by atoms with E-state index < -0.39 is 11.7 Å². The van der Waals surface area contributed by atoms with Crippen LogP contribution >= 0.6 is 0 Å². The van der Waals surface area contributed by atoms with Crippen LogP contribution in [0.2, 0.25) is 0 Å². The third-order valence-electron chi connectivity index (χ3n) is 2.08. The molecule has 1 heterocycles. The average Bonchev–Trinajstić information content (AvgIpc) is 2.80. The summed E-state index contributed by atoms with van der Waals surface area (Å²) in [6.45, 7) is 0. The fourth-order valence-electron chi connectivity index (χ4n) is 1.40. The first-order valence-electron chi connectivity index (χ1n) is 4.43. The molecule has 8 heteroatoms. The molecule has 0 spiro atoms. The first-order chi connectivity index (χ1) is 8.04. The van der Waals surface area contributed by atoms with E-state index in [1.807, 2.05) is 0 Å². The highest BCUT2D eigenvalue weighted by Gasteiger charge is 2.35. The van der Waals surface area contributed by atoms with Gasteiger partial charge >= 0.3 is 6.18 Å². The minimum atomic E-state index is -4.58. The summed E-state index contributed by atoms with van der Waals surface area (Å²) in [5, 5.41) is 9.86. The predicted molar refractivity (Wildman–Crippen MR) is 49.5 cm³/mol. The Morgan fingerprint density at radius 2 is 2.06 bits per heavy atom. The quantitative estimate of drug-likeness (QED) is 0.748. The van der Waals surface area contributed by atoms with Crippen LogP contribution in [0.1, 0.15) is 15.9 Å². The van der Waals surface area contributed by atoms with Crippen molar-refractivity contribution in [2.75, 3.05) is 0 Å². The molecule has 2 rings (SSSR count). The molecule has 0 saturated heterocycles. The van der Waals surface area contributed by atoms with Crippen LogP contribution in [-0.2, 0) is 6.18 Å². The predicted octanol–water partition coefficient (Wildman–Crippen LogP) is 1.49. The zero-order valence-corrected chi connectivity index (χ0v) is 8.22. The molecule has 5 nitrogen and oxygen atoms in total. The van der Waals surface area contributed by atoms with Crippen molar-refractivity contribution in [2.24, 2.45) is 0 Å². The van der Waals surface area contributed by atoms with E-state index in [-0.39, 0.29) is 11.3 Å². The van der Waals surface area contributed by atoms with Crippen LogP contribution in [0.4, 0.5) is 13.2 Å². The maximum atomic E-state index is 12.8. The van der Waals surface area contributed by atoms with Crippen molar-refractivity contribution < 1.29 is 18.0 Å². The van der Waals surface area contributed by atoms with Crippen molar-refractivity contribution in [1.29, 1.82) is 0 Å². The van der Waals surface area contributed by atoms with Gasteiger partial charge in [-0.3, -0.25) is 4.79 Å². The zero-order valence-electron chi connectivity index (χ0n) is 8.22. The lowest BCUT2D eigenvalue weighted by molar-refractivity contribution is -0.137. The Bertz CT molecular complexity index is 536. The molecular formula is C9H5F3N4O. The number of benzene rings is 1. The number of hydrogen-bond acceptors (Lipinski definition) is 4. The number of halogens is 3. The number of nitrogens with zero attached hydrogens (tertiary/aromatic N) is 4. The Labute approximate surface area is 92.9 Å². The Morgan fingerprint density at radius 3 is 2.59 bits per heavy atom. The van der Waals surface area contributed by atoms with Gasteiger partial charge in [0.2, 0.25) is 0 Å². The van der Waals surface area contributed by atoms with Gasteiger partial charge < -0.3 is 0 Å². The molecular weight excluding hydrogens is 237 g/mol. The van der Waals surface area contributed by atoms with Gasteiger partial charge in [0.1, 0.15) is 6.33 Å². The van der Waals surface area contributed by atoms with E-state index in [4.69, 9.17) is 0 Å². The molecule has 0 aliphatic heterocycles. The first kappa shape index (κ1) is 11.2. The highest BCUT2D eigenvalue weighted by Crippen LogP contribution is 2.34. The van der Waals surface area contributed by atoms with E-state index in [2.05, 4.69) is 15.5 Å². The number of rotatable bonds is 2. The lowest BCUT2D eigenvalue weighted by Gasteiger charge is -2.13. The standard InChI is InChI=1S/C9H5F3N4O/c10-9(11,12)7-3-1-2-6(4-17)8(7)16-5-13-14-15-16/h1-5H. The third-order valence-corrected chi connectivity index (χ3v) is 2.08. The highest BCUT2D eigenvalue weighted by molar-refractivity contribution is 5.82. The topological polar surface area (TPSA) is 60.7 Å². The Morgan fingerprint density at radius 1 is 1.29 bits per heavy atom. The number of carbonyl (C=O) groups is 1. The van der Waals surface area contributed by atoms with E-state index in [9.17, 15) is 18.0 Å². The van der Waals surface area contributed by atoms with Crippen LogP contribution in [0.3, 0.4) is 0 Å². The fraction of sp³-hybridized carbons (Fsp3) is 0.111. The van der Waals surface area contributed by atoms with Crippen molar-refractivity contribution in [2.45, 2.75) is 6.18 Å². The number of hydrogen-bond donors (Lipinski definition) is 0. The second kappa shape index (κ2) is 3.96. The average molecular weight is 242 g/mol. The molecule has 0 fully saturated rings. The van der Waals surface area contributed by atoms with Gasteiger partial charge in [0.05, 0.1) is 11.3 Å². The van der Waals surface area contributed by atoms with Crippen molar-refractivity contribution in [3.63, 3.8) is 0 Å². The maximum absolute atomic E-state index is 12.8. The minimum absolute atomic E-state index is 0.132. The molecule has 0 bridgehead atoms. The molecule has 0 amide bonds. The minimum Gasteiger partial charge on any atom is -0.298 e. The number of aromatic nitrogens is 4. The van der Waals surface area contributed by atoms with E-state index in [0.29, 0.717) is 6.29 Å². The van der Waals surface area contributed by atoms with Gasteiger partial charge in [0, 0.05) is 5.56 Å². The summed E-state index contributed by atoms with van der Waals surface area (Å²) >= 11 is 0. The van der Waals surface area contributed by atoms with Crippen LogP contribution in [0.25, 0.3) is 5.69 Å². The fourth-order valence-corrected chi connectivity index (χ4v) is 1.40. The molecule has 0 aliphatic carbocycles. The number of para-hydroxylation sites is 1. The van der Waals surface area contributed by atoms with E-state index in [1.54, 1.807) is 0 Å². The Balaban J connectivity index is 2.73. The molecule has 0 radical (unpaired) electrons. The molecule has 2 aromatic rings. The van der Waals surface area contributed by atoms with Gasteiger partial charge in [-0.15, -0.1) is 5.10 Å². The number of tetrazole rings is 1. The summed E-state index contributed by atoms with van der Waals surface area (Å²) in [5.41, 5.74) is -1.47. The lowest BCUT2D eigenvalue weighted by Crippen LogP contribution is -2.13. The second-order valence-corrected chi connectivity index (χ2v) is 3.11. The molecule has 88 valence electrons.